The molecule has 4 nitrogen and oxygen atoms in total. The second kappa shape index (κ2) is 6.40. The second-order valence-corrected chi connectivity index (χ2v) is 3.29. The summed E-state index contributed by atoms with van der Waals surface area (Å²) in [7, 11) is 0. The zero-order valence-electron chi connectivity index (χ0n) is 9.70. The van der Waals surface area contributed by atoms with E-state index in [0.29, 0.717) is 5.56 Å². The van der Waals surface area contributed by atoms with Crippen molar-refractivity contribution in [1.82, 2.24) is 0 Å². The Balaban J connectivity index is 2.95. The smallest absolute Gasteiger partial charge is 0.341 e. The Bertz CT molecular complexity index is 526. The van der Waals surface area contributed by atoms with E-state index in [1.807, 2.05) is 0 Å². The van der Waals surface area contributed by atoms with E-state index in [0.717, 1.165) is 6.07 Å². The van der Waals surface area contributed by atoms with Crippen LogP contribution in [0.1, 0.15) is 29.3 Å². The first-order valence-electron chi connectivity index (χ1n) is 5.22. The van der Waals surface area contributed by atoms with Gasteiger partial charge in [-0.1, -0.05) is 11.8 Å². The summed E-state index contributed by atoms with van der Waals surface area (Å²) in [6, 6.07) is 3.70. The number of benzene rings is 1. The number of ether oxygens (including phenoxy) is 1. The van der Waals surface area contributed by atoms with Crippen LogP contribution in [0.15, 0.2) is 18.2 Å². The van der Waals surface area contributed by atoms with Crippen LogP contribution >= 0.6 is 0 Å². The Morgan fingerprint density at radius 1 is 1.44 bits per heavy atom. The molecule has 0 saturated heterocycles. The van der Waals surface area contributed by atoms with Crippen molar-refractivity contribution in [3.8, 4) is 11.8 Å². The molecule has 5 heteroatoms. The SMILES string of the molecule is CCOC(=O)c1cc(C#CCC(=O)O)ccc1F. The molecule has 0 aliphatic heterocycles. The van der Waals surface area contributed by atoms with Gasteiger partial charge in [0.05, 0.1) is 12.2 Å². The van der Waals surface area contributed by atoms with Crippen LogP contribution in [-0.4, -0.2) is 23.7 Å². The zero-order valence-corrected chi connectivity index (χ0v) is 9.70. The van der Waals surface area contributed by atoms with E-state index in [1.165, 1.54) is 12.1 Å². The van der Waals surface area contributed by atoms with Gasteiger partial charge in [-0.2, -0.15) is 0 Å². The van der Waals surface area contributed by atoms with Crippen LogP contribution in [0.3, 0.4) is 0 Å². The van der Waals surface area contributed by atoms with Crippen molar-refractivity contribution >= 4 is 11.9 Å². The summed E-state index contributed by atoms with van der Waals surface area (Å²) < 4.78 is 18.0. The van der Waals surface area contributed by atoms with Crippen LogP contribution in [0, 0.1) is 17.7 Å². The van der Waals surface area contributed by atoms with Gasteiger partial charge < -0.3 is 9.84 Å². The first-order valence-corrected chi connectivity index (χ1v) is 5.22. The summed E-state index contributed by atoms with van der Waals surface area (Å²) in [5.74, 6) is 2.42. The van der Waals surface area contributed by atoms with Crippen molar-refractivity contribution in [2.24, 2.45) is 0 Å². The van der Waals surface area contributed by atoms with Gasteiger partial charge in [-0.3, -0.25) is 4.79 Å². The van der Waals surface area contributed by atoms with Crippen molar-refractivity contribution in [2.45, 2.75) is 13.3 Å². The van der Waals surface area contributed by atoms with E-state index >= 15 is 0 Å². The van der Waals surface area contributed by atoms with Gasteiger partial charge in [0.15, 0.2) is 0 Å². The molecule has 0 fully saturated rings. The van der Waals surface area contributed by atoms with Gasteiger partial charge in [-0.15, -0.1) is 0 Å². The predicted octanol–water partition coefficient (Wildman–Crippen LogP) is 1.83. The largest absolute Gasteiger partial charge is 0.481 e. The zero-order chi connectivity index (χ0) is 13.5. The molecule has 0 heterocycles. The van der Waals surface area contributed by atoms with Crippen LogP contribution in [0.2, 0.25) is 0 Å². The monoisotopic (exact) mass is 250 g/mol. The number of rotatable bonds is 3. The molecule has 0 radical (unpaired) electrons. The molecule has 0 bridgehead atoms. The molecule has 0 unspecified atom stereocenters. The molecule has 0 aromatic heterocycles. The van der Waals surface area contributed by atoms with Crippen molar-refractivity contribution in [3.05, 3.63) is 35.1 Å². The topological polar surface area (TPSA) is 63.6 Å². The second-order valence-electron chi connectivity index (χ2n) is 3.29. The van der Waals surface area contributed by atoms with Crippen LogP contribution in [-0.2, 0) is 9.53 Å². The maximum atomic E-state index is 13.4. The normalized spacial score (nSPS) is 9.22. The van der Waals surface area contributed by atoms with Gasteiger partial charge in [-0.05, 0) is 25.1 Å². The maximum absolute atomic E-state index is 13.4. The minimum atomic E-state index is -1.05. The van der Waals surface area contributed by atoms with E-state index in [9.17, 15) is 14.0 Å². The Hall–Kier alpha value is -2.35. The summed E-state index contributed by atoms with van der Waals surface area (Å²) in [5.41, 5.74) is 0.152. The van der Waals surface area contributed by atoms with E-state index < -0.39 is 17.8 Å². The van der Waals surface area contributed by atoms with E-state index in [-0.39, 0.29) is 18.6 Å². The number of carboxylic acid groups (broad SMARTS) is 1. The molecule has 1 aromatic carbocycles. The number of aliphatic carboxylic acids is 1. The fourth-order valence-corrected chi connectivity index (χ4v) is 1.19. The quantitative estimate of drug-likeness (QED) is 0.656. The van der Waals surface area contributed by atoms with Gasteiger partial charge in [0.2, 0.25) is 0 Å². The van der Waals surface area contributed by atoms with Crippen molar-refractivity contribution in [1.29, 1.82) is 0 Å². The van der Waals surface area contributed by atoms with Crippen molar-refractivity contribution in [3.63, 3.8) is 0 Å². The van der Waals surface area contributed by atoms with Gasteiger partial charge in [-0.25, -0.2) is 9.18 Å². The Morgan fingerprint density at radius 2 is 2.17 bits per heavy atom. The van der Waals surface area contributed by atoms with Gasteiger partial charge in [0, 0.05) is 5.56 Å². The third-order valence-corrected chi connectivity index (χ3v) is 1.93. The number of hydrogen-bond donors (Lipinski definition) is 1. The number of hydrogen-bond acceptors (Lipinski definition) is 3. The molecule has 0 amide bonds. The molecule has 1 rings (SSSR count). The molecule has 1 N–H and O–H groups in total. The highest BCUT2D eigenvalue weighted by molar-refractivity contribution is 5.90. The van der Waals surface area contributed by atoms with Gasteiger partial charge in [0.25, 0.3) is 0 Å². The van der Waals surface area contributed by atoms with Crippen LogP contribution in [0.25, 0.3) is 0 Å². The highest BCUT2D eigenvalue weighted by Gasteiger charge is 2.12. The lowest BCUT2D eigenvalue weighted by atomic mass is 10.1. The third kappa shape index (κ3) is 3.91. The number of carboxylic acids is 1. The maximum Gasteiger partial charge on any atom is 0.341 e. The average molecular weight is 250 g/mol. The molecular formula is C13H11FO4. The minimum absolute atomic E-state index is 0.146. The molecule has 94 valence electrons. The molecular weight excluding hydrogens is 239 g/mol. The molecule has 0 saturated carbocycles. The van der Waals surface area contributed by atoms with Crippen LogP contribution in [0.4, 0.5) is 4.39 Å². The average Bonchev–Trinajstić information content (AvgIpc) is 2.31. The van der Waals surface area contributed by atoms with Crippen LogP contribution < -0.4 is 0 Å². The highest BCUT2D eigenvalue weighted by Crippen LogP contribution is 2.11. The van der Waals surface area contributed by atoms with Crippen molar-refractivity contribution < 1.29 is 23.8 Å². The Morgan fingerprint density at radius 3 is 2.78 bits per heavy atom. The summed E-state index contributed by atoms with van der Waals surface area (Å²) in [5, 5.41) is 8.41. The third-order valence-electron chi connectivity index (χ3n) is 1.93. The predicted molar refractivity (Wildman–Crippen MR) is 61.5 cm³/mol. The number of carbonyl (C=O) groups is 2. The first kappa shape index (κ1) is 13.7. The summed E-state index contributed by atoms with van der Waals surface area (Å²) >= 11 is 0. The Kier molecular flexibility index (Phi) is 4.88. The van der Waals surface area contributed by atoms with E-state index in [1.54, 1.807) is 6.92 Å². The molecule has 0 atom stereocenters. The first-order chi connectivity index (χ1) is 8.54. The van der Waals surface area contributed by atoms with Gasteiger partial charge in [0.1, 0.15) is 12.2 Å². The molecule has 0 aliphatic carbocycles. The lowest BCUT2D eigenvalue weighted by Gasteiger charge is -2.03. The number of esters is 1. The lowest BCUT2D eigenvalue weighted by molar-refractivity contribution is -0.135. The van der Waals surface area contributed by atoms with Gasteiger partial charge >= 0.3 is 11.9 Å². The summed E-state index contributed by atoms with van der Waals surface area (Å²) in [6.07, 6.45) is -0.313. The highest BCUT2D eigenvalue weighted by atomic mass is 19.1. The van der Waals surface area contributed by atoms with Crippen LogP contribution in [0.5, 0.6) is 0 Å². The fourth-order valence-electron chi connectivity index (χ4n) is 1.19. The van der Waals surface area contributed by atoms with E-state index in [2.05, 4.69) is 16.6 Å². The number of carbonyl (C=O) groups excluding carboxylic acids is 1. The summed E-state index contributed by atoms with van der Waals surface area (Å²) in [6.45, 7) is 1.76. The lowest BCUT2D eigenvalue weighted by Crippen LogP contribution is -2.07. The molecule has 1 aromatic rings. The molecule has 0 spiro atoms. The van der Waals surface area contributed by atoms with E-state index in [4.69, 9.17) is 5.11 Å². The fraction of sp³-hybridized carbons (Fsp3) is 0.231. The standard InChI is InChI=1S/C13H11FO4/c1-2-18-13(17)10-8-9(6-7-11(10)14)4-3-5-12(15)16/h6-8H,2,5H2,1H3,(H,15,16). The summed E-state index contributed by atoms with van der Waals surface area (Å²) in [4.78, 5) is 21.7. The van der Waals surface area contributed by atoms with Crippen molar-refractivity contribution in [2.75, 3.05) is 6.61 Å². The molecule has 0 aliphatic rings. The minimum Gasteiger partial charge on any atom is -0.481 e. The molecule has 18 heavy (non-hydrogen) atoms. The Labute approximate surface area is 103 Å². The number of halogens is 1.